The number of nitrogens with one attached hydrogen (secondary N) is 1. The number of benzene rings is 1. The van der Waals surface area contributed by atoms with E-state index in [1.807, 2.05) is 57.2 Å². The Kier molecular flexibility index (Phi) is 5.77. The number of hydrogen-bond donors (Lipinski definition) is 2. The van der Waals surface area contributed by atoms with Crippen molar-refractivity contribution in [3.05, 3.63) is 66.6 Å². The second-order valence-electron chi connectivity index (χ2n) is 7.55. The minimum Gasteiger partial charge on any atom is -0.383 e. The predicted octanol–water partition coefficient (Wildman–Crippen LogP) is 3.09. The maximum Gasteiger partial charge on any atom is 0.224 e. The molecule has 1 amide bonds. The first-order chi connectivity index (χ1) is 13.8. The summed E-state index contributed by atoms with van der Waals surface area (Å²) in [5, 5.41) is 8.48. The molecule has 2 heterocycles. The van der Waals surface area contributed by atoms with E-state index in [1.54, 1.807) is 10.8 Å². The zero-order valence-corrected chi connectivity index (χ0v) is 17.0. The number of allylic oxidation sites excluding steroid dienone is 3. The average molecular weight is 390 g/mol. The minimum absolute atomic E-state index is 0.0437. The van der Waals surface area contributed by atoms with Crippen LogP contribution in [-0.2, 0) is 16.8 Å². The highest BCUT2D eigenvalue weighted by Gasteiger charge is 2.28. The molecule has 7 heteroatoms. The Morgan fingerprint density at radius 3 is 2.69 bits per heavy atom. The van der Waals surface area contributed by atoms with Gasteiger partial charge >= 0.3 is 0 Å². The van der Waals surface area contributed by atoms with E-state index in [0.29, 0.717) is 35.5 Å². The van der Waals surface area contributed by atoms with Crippen LogP contribution in [0.15, 0.2) is 55.4 Å². The highest BCUT2D eigenvalue weighted by molar-refractivity contribution is 5.95. The van der Waals surface area contributed by atoms with E-state index in [4.69, 9.17) is 10.8 Å². The molecule has 3 aromatic rings. The standard InChI is InChI=1S/C22H26N6O/c1-5-9-15(2)19-18-20(23)25-14-26-21(18)28(27-19)22(3,4)13-24-17(29)12-16-10-7-6-8-11-16/h5-11,14H,1,12-13H2,2-4H3,(H,24,29)(H2,23,25,26). The van der Waals surface area contributed by atoms with Crippen molar-refractivity contribution in [2.45, 2.75) is 32.7 Å². The van der Waals surface area contributed by atoms with Crippen LogP contribution < -0.4 is 11.1 Å². The topological polar surface area (TPSA) is 98.7 Å². The van der Waals surface area contributed by atoms with E-state index in [2.05, 4.69) is 21.9 Å². The van der Waals surface area contributed by atoms with Gasteiger partial charge in [-0.2, -0.15) is 5.10 Å². The van der Waals surface area contributed by atoms with E-state index < -0.39 is 5.54 Å². The van der Waals surface area contributed by atoms with Gasteiger partial charge in [0.15, 0.2) is 5.65 Å². The van der Waals surface area contributed by atoms with E-state index in [-0.39, 0.29) is 5.91 Å². The Labute approximate surface area is 170 Å². The van der Waals surface area contributed by atoms with Gasteiger partial charge in [0, 0.05) is 6.54 Å². The summed E-state index contributed by atoms with van der Waals surface area (Å²) in [6.07, 6.45) is 5.33. The molecular formula is C22H26N6O. The van der Waals surface area contributed by atoms with Gasteiger partial charge in [0.2, 0.25) is 5.91 Å². The van der Waals surface area contributed by atoms with E-state index in [1.165, 1.54) is 6.33 Å². The lowest BCUT2D eigenvalue weighted by atomic mass is 10.1. The number of aromatic nitrogens is 4. The first kappa shape index (κ1) is 20.3. The van der Waals surface area contributed by atoms with Crippen molar-refractivity contribution in [3.63, 3.8) is 0 Å². The molecular weight excluding hydrogens is 364 g/mol. The molecule has 0 aliphatic heterocycles. The molecule has 29 heavy (non-hydrogen) atoms. The Bertz CT molecular complexity index is 1070. The Morgan fingerprint density at radius 2 is 2.00 bits per heavy atom. The number of amides is 1. The summed E-state index contributed by atoms with van der Waals surface area (Å²) in [6, 6.07) is 9.65. The highest BCUT2D eigenvalue weighted by atomic mass is 16.1. The lowest BCUT2D eigenvalue weighted by molar-refractivity contribution is -0.120. The molecule has 0 saturated heterocycles. The van der Waals surface area contributed by atoms with Gasteiger partial charge in [-0.05, 0) is 31.9 Å². The van der Waals surface area contributed by atoms with Gasteiger partial charge in [0.25, 0.3) is 0 Å². The number of nitrogens with zero attached hydrogens (tertiary/aromatic N) is 4. The summed E-state index contributed by atoms with van der Waals surface area (Å²) in [4.78, 5) is 20.9. The minimum atomic E-state index is -0.530. The van der Waals surface area contributed by atoms with Gasteiger partial charge in [0.05, 0.1) is 17.3 Å². The molecule has 150 valence electrons. The summed E-state index contributed by atoms with van der Waals surface area (Å²) in [6.45, 7) is 10.1. The second-order valence-corrected chi connectivity index (χ2v) is 7.55. The van der Waals surface area contributed by atoms with E-state index >= 15 is 0 Å². The van der Waals surface area contributed by atoms with Gasteiger partial charge in [-0.25, -0.2) is 14.6 Å². The molecule has 0 fully saturated rings. The number of fused-ring (bicyclic) bond motifs is 1. The van der Waals surface area contributed by atoms with E-state index in [0.717, 1.165) is 11.1 Å². The molecule has 1 aromatic carbocycles. The zero-order chi connectivity index (χ0) is 21.0. The quantitative estimate of drug-likeness (QED) is 0.604. The van der Waals surface area contributed by atoms with Crippen molar-refractivity contribution in [1.29, 1.82) is 0 Å². The Balaban J connectivity index is 1.88. The van der Waals surface area contributed by atoms with Crippen LogP contribution in [-0.4, -0.2) is 32.2 Å². The second kappa shape index (κ2) is 8.26. The molecule has 0 aliphatic rings. The highest BCUT2D eigenvalue weighted by Crippen LogP contribution is 2.30. The molecule has 0 aliphatic carbocycles. The summed E-state index contributed by atoms with van der Waals surface area (Å²) in [5.74, 6) is 0.329. The van der Waals surface area contributed by atoms with Crippen LogP contribution in [0.3, 0.4) is 0 Å². The van der Waals surface area contributed by atoms with Crippen LogP contribution in [0.1, 0.15) is 32.0 Å². The molecule has 0 spiro atoms. The first-order valence-electron chi connectivity index (χ1n) is 9.43. The van der Waals surface area contributed by atoms with Gasteiger partial charge < -0.3 is 11.1 Å². The Hall–Kier alpha value is -3.48. The monoisotopic (exact) mass is 390 g/mol. The third kappa shape index (κ3) is 4.34. The SMILES string of the molecule is C=CC=C(C)c1nn(C(C)(C)CNC(=O)Cc2ccccc2)c2ncnc(N)c12. The third-order valence-electron chi connectivity index (χ3n) is 4.73. The summed E-state index contributed by atoms with van der Waals surface area (Å²) in [7, 11) is 0. The fourth-order valence-corrected chi connectivity index (χ4v) is 3.16. The lowest BCUT2D eigenvalue weighted by Crippen LogP contribution is -2.42. The van der Waals surface area contributed by atoms with Crippen LogP contribution >= 0.6 is 0 Å². The van der Waals surface area contributed by atoms with Crippen molar-refractivity contribution >= 4 is 28.3 Å². The normalized spacial score (nSPS) is 12.2. The number of hydrogen-bond acceptors (Lipinski definition) is 5. The average Bonchev–Trinajstić information content (AvgIpc) is 3.10. The van der Waals surface area contributed by atoms with Crippen LogP contribution in [0, 0.1) is 0 Å². The molecule has 3 N–H and O–H groups in total. The van der Waals surface area contributed by atoms with Crippen LogP contribution in [0.25, 0.3) is 16.6 Å². The number of anilines is 1. The number of nitrogens with two attached hydrogens (primary N) is 1. The molecule has 3 rings (SSSR count). The van der Waals surface area contributed by atoms with Gasteiger partial charge in [-0.1, -0.05) is 49.1 Å². The van der Waals surface area contributed by atoms with E-state index in [9.17, 15) is 4.79 Å². The maximum absolute atomic E-state index is 12.4. The summed E-state index contributed by atoms with van der Waals surface area (Å²) < 4.78 is 1.80. The number of rotatable bonds is 7. The molecule has 0 unspecified atom stereocenters. The van der Waals surface area contributed by atoms with Crippen molar-refractivity contribution in [2.75, 3.05) is 12.3 Å². The first-order valence-corrected chi connectivity index (χ1v) is 9.43. The fourth-order valence-electron chi connectivity index (χ4n) is 3.16. The largest absolute Gasteiger partial charge is 0.383 e. The Morgan fingerprint density at radius 1 is 1.28 bits per heavy atom. The molecule has 0 saturated carbocycles. The number of nitrogen functional groups attached to an aromatic ring is 1. The van der Waals surface area contributed by atoms with Gasteiger partial charge in [-0.15, -0.1) is 0 Å². The van der Waals surface area contributed by atoms with Gasteiger partial charge in [0.1, 0.15) is 17.8 Å². The lowest BCUT2D eigenvalue weighted by Gasteiger charge is -2.26. The molecule has 0 bridgehead atoms. The van der Waals surface area contributed by atoms with Crippen LogP contribution in [0.2, 0.25) is 0 Å². The van der Waals surface area contributed by atoms with Gasteiger partial charge in [-0.3, -0.25) is 4.79 Å². The third-order valence-corrected chi connectivity index (χ3v) is 4.73. The van der Waals surface area contributed by atoms with Crippen molar-refractivity contribution in [1.82, 2.24) is 25.1 Å². The molecule has 7 nitrogen and oxygen atoms in total. The van der Waals surface area contributed by atoms with Crippen molar-refractivity contribution in [3.8, 4) is 0 Å². The molecule has 0 atom stereocenters. The number of carbonyl (C=O) groups is 1. The zero-order valence-electron chi connectivity index (χ0n) is 17.0. The predicted molar refractivity (Wildman–Crippen MR) is 116 cm³/mol. The molecule has 2 aromatic heterocycles. The summed E-state index contributed by atoms with van der Waals surface area (Å²) >= 11 is 0. The van der Waals surface area contributed by atoms with Crippen LogP contribution in [0.5, 0.6) is 0 Å². The molecule has 0 radical (unpaired) electrons. The smallest absolute Gasteiger partial charge is 0.224 e. The van der Waals surface area contributed by atoms with Crippen molar-refractivity contribution < 1.29 is 4.79 Å². The summed E-state index contributed by atoms with van der Waals surface area (Å²) in [5.41, 5.74) is 8.82. The fraction of sp³-hybridized carbons (Fsp3) is 0.273. The van der Waals surface area contributed by atoms with Crippen LogP contribution in [0.4, 0.5) is 5.82 Å². The van der Waals surface area contributed by atoms with Crippen molar-refractivity contribution in [2.24, 2.45) is 0 Å². The number of carbonyl (C=O) groups excluding carboxylic acids is 1. The maximum atomic E-state index is 12.4.